The first-order valence-corrected chi connectivity index (χ1v) is 13.0. The van der Waals surface area contributed by atoms with Crippen molar-refractivity contribution < 1.29 is 35.1 Å². The van der Waals surface area contributed by atoms with E-state index in [4.69, 9.17) is 4.74 Å². The molecule has 0 N–H and O–H groups in total. The number of likely N-dealkylation sites (tertiary alicyclic amines) is 1. The lowest BCUT2D eigenvalue weighted by molar-refractivity contribution is -0.137. The predicted molar refractivity (Wildman–Crippen MR) is 111 cm³/mol. The van der Waals surface area contributed by atoms with Crippen molar-refractivity contribution in [1.82, 2.24) is 14.2 Å². The molecule has 6 nitrogen and oxygen atoms in total. The minimum absolute atomic E-state index is 0.180. The lowest BCUT2D eigenvalue weighted by atomic mass is 9.97. The van der Waals surface area contributed by atoms with E-state index in [0.29, 0.717) is 30.7 Å². The third-order valence-electron chi connectivity index (χ3n) is 5.67. The monoisotopic (exact) mass is 511 g/mol. The predicted octanol–water partition coefficient (Wildman–Crippen LogP) is 4.19. The van der Waals surface area contributed by atoms with Crippen molar-refractivity contribution in [2.75, 3.05) is 25.9 Å². The van der Waals surface area contributed by atoms with Gasteiger partial charge in [0, 0.05) is 37.6 Å². The van der Waals surface area contributed by atoms with E-state index in [9.17, 15) is 30.4 Å². The van der Waals surface area contributed by atoms with Crippen LogP contribution in [0.4, 0.5) is 22.0 Å². The highest BCUT2D eigenvalue weighted by molar-refractivity contribution is 7.88. The molecule has 2 saturated heterocycles. The van der Waals surface area contributed by atoms with Gasteiger partial charge in [0.1, 0.15) is 6.10 Å². The molecule has 2 fully saturated rings. The SMILES string of the molecule is CS(=O)(=O)N1CCCCC1c1cc(F)c(OC2CN(Cc3csc(C(F)(F)F)n3)C2)c(F)c1. The van der Waals surface area contributed by atoms with Gasteiger partial charge in [-0.3, -0.25) is 4.90 Å². The Kier molecular flexibility index (Phi) is 6.69. The standard InChI is InChI=1S/C20H22F5N3O3S2/c1-33(29,30)28-5-3-2-4-17(28)12-6-15(21)18(16(22)7-12)31-14-9-27(10-14)8-13-11-32-19(26-13)20(23,24)25/h6-7,11,14,17H,2-5,8-10H2,1H3. The molecule has 3 heterocycles. The van der Waals surface area contributed by atoms with Crippen molar-refractivity contribution in [3.8, 4) is 5.75 Å². The average Bonchev–Trinajstić information content (AvgIpc) is 3.17. The average molecular weight is 512 g/mol. The first-order chi connectivity index (χ1) is 15.4. The molecule has 1 unspecified atom stereocenters. The maximum Gasteiger partial charge on any atom is 0.443 e. The maximum absolute atomic E-state index is 14.7. The Balaban J connectivity index is 1.38. The van der Waals surface area contributed by atoms with E-state index < -0.39 is 50.7 Å². The Morgan fingerprint density at radius 3 is 2.42 bits per heavy atom. The largest absolute Gasteiger partial charge is 0.482 e. The number of nitrogens with zero attached hydrogens (tertiary/aromatic N) is 3. The third-order valence-corrected chi connectivity index (χ3v) is 7.90. The molecule has 1 aromatic carbocycles. The summed E-state index contributed by atoms with van der Waals surface area (Å²) in [6.07, 6.45) is -2.03. The van der Waals surface area contributed by atoms with Gasteiger partial charge in [0.15, 0.2) is 22.4 Å². The molecule has 2 aliphatic rings. The summed E-state index contributed by atoms with van der Waals surface area (Å²) in [6.45, 7) is 1.04. The molecule has 0 radical (unpaired) electrons. The fourth-order valence-electron chi connectivity index (χ4n) is 4.15. The summed E-state index contributed by atoms with van der Waals surface area (Å²) in [7, 11) is -3.53. The molecule has 0 amide bonds. The lowest BCUT2D eigenvalue weighted by Gasteiger charge is -2.38. The number of alkyl halides is 3. The van der Waals surface area contributed by atoms with Crippen LogP contribution in [0.15, 0.2) is 17.5 Å². The first kappa shape index (κ1) is 24.3. The molecule has 1 atom stereocenters. The first-order valence-electron chi connectivity index (χ1n) is 10.3. The topological polar surface area (TPSA) is 62.7 Å². The molecule has 2 aliphatic heterocycles. The van der Waals surface area contributed by atoms with E-state index in [2.05, 4.69) is 4.98 Å². The van der Waals surface area contributed by atoms with Gasteiger partial charge in [-0.2, -0.15) is 17.5 Å². The number of ether oxygens (including phenoxy) is 1. The lowest BCUT2D eigenvalue weighted by Crippen LogP contribution is -2.53. The zero-order chi connectivity index (χ0) is 24.0. The van der Waals surface area contributed by atoms with Gasteiger partial charge in [-0.15, -0.1) is 11.3 Å². The fourth-order valence-corrected chi connectivity index (χ4v) is 5.98. The molecule has 2 aromatic rings. The van der Waals surface area contributed by atoms with E-state index in [1.54, 1.807) is 4.90 Å². The Morgan fingerprint density at radius 2 is 1.85 bits per heavy atom. The van der Waals surface area contributed by atoms with Gasteiger partial charge >= 0.3 is 6.18 Å². The minimum atomic E-state index is -4.49. The summed E-state index contributed by atoms with van der Waals surface area (Å²) in [4.78, 5) is 5.32. The van der Waals surface area contributed by atoms with Gasteiger partial charge in [-0.25, -0.2) is 22.2 Å². The molecule has 0 bridgehead atoms. The molecule has 33 heavy (non-hydrogen) atoms. The molecule has 13 heteroatoms. The maximum atomic E-state index is 14.7. The molecular weight excluding hydrogens is 489 g/mol. The van der Waals surface area contributed by atoms with Crippen LogP contribution in [0.1, 0.15) is 41.6 Å². The highest BCUT2D eigenvalue weighted by Gasteiger charge is 2.36. The van der Waals surface area contributed by atoms with E-state index in [-0.39, 0.29) is 30.9 Å². The number of rotatable bonds is 6. The van der Waals surface area contributed by atoms with E-state index >= 15 is 0 Å². The summed E-state index contributed by atoms with van der Waals surface area (Å²) >= 11 is 0.521. The number of halogens is 5. The van der Waals surface area contributed by atoms with Gasteiger partial charge in [0.05, 0.1) is 11.9 Å². The summed E-state index contributed by atoms with van der Waals surface area (Å²) < 4.78 is 98.2. The quantitative estimate of drug-likeness (QED) is 0.545. The number of sulfonamides is 1. The number of hydrogen-bond donors (Lipinski definition) is 0. The van der Waals surface area contributed by atoms with Crippen LogP contribution in [0.25, 0.3) is 0 Å². The van der Waals surface area contributed by atoms with Crippen LogP contribution in [-0.2, 0) is 22.7 Å². The Morgan fingerprint density at radius 1 is 1.18 bits per heavy atom. The molecule has 0 spiro atoms. The van der Waals surface area contributed by atoms with Gasteiger partial charge in [0.2, 0.25) is 10.0 Å². The summed E-state index contributed by atoms with van der Waals surface area (Å²) in [6, 6.07) is 1.58. The van der Waals surface area contributed by atoms with E-state index in [1.165, 1.54) is 9.69 Å². The van der Waals surface area contributed by atoms with Crippen LogP contribution >= 0.6 is 11.3 Å². The third kappa shape index (κ3) is 5.47. The smallest absolute Gasteiger partial charge is 0.443 e. The van der Waals surface area contributed by atoms with Gasteiger partial charge < -0.3 is 4.74 Å². The molecular formula is C20H22F5N3O3S2. The Labute approximate surface area is 192 Å². The molecule has 182 valence electrons. The molecule has 1 aromatic heterocycles. The number of thiazole rings is 1. The van der Waals surface area contributed by atoms with Crippen LogP contribution in [0.2, 0.25) is 0 Å². The van der Waals surface area contributed by atoms with E-state index in [0.717, 1.165) is 24.8 Å². The van der Waals surface area contributed by atoms with Crippen molar-refractivity contribution in [1.29, 1.82) is 0 Å². The number of hydrogen-bond acceptors (Lipinski definition) is 6. The van der Waals surface area contributed by atoms with Crippen LogP contribution in [-0.4, -0.2) is 54.6 Å². The van der Waals surface area contributed by atoms with Crippen molar-refractivity contribution in [2.45, 2.75) is 44.1 Å². The normalized spacial score (nSPS) is 21.2. The fraction of sp³-hybridized carbons (Fsp3) is 0.550. The minimum Gasteiger partial charge on any atom is -0.482 e. The molecule has 0 saturated carbocycles. The Hall–Kier alpha value is -1.83. The number of benzene rings is 1. The van der Waals surface area contributed by atoms with Crippen LogP contribution in [0.3, 0.4) is 0 Å². The summed E-state index contributed by atoms with van der Waals surface area (Å²) in [5.74, 6) is -2.38. The molecule has 4 rings (SSSR count). The zero-order valence-corrected chi connectivity index (χ0v) is 19.2. The summed E-state index contributed by atoms with van der Waals surface area (Å²) in [5.41, 5.74) is 0.511. The second-order valence-electron chi connectivity index (χ2n) is 8.27. The van der Waals surface area contributed by atoms with Crippen molar-refractivity contribution in [2.24, 2.45) is 0 Å². The van der Waals surface area contributed by atoms with Crippen molar-refractivity contribution in [3.05, 3.63) is 45.4 Å². The van der Waals surface area contributed by atoms with E-state index in [1.807, 2.05) is 0 Å². The van der Waals surface area contributed by atoms with Crippen molar-refractivity contribution in [3.63, 3.8) is 0 Å². The van der Waals surface area contributed by atoms with Gasteiger partial charge in [-0.05, 0) is 30.5 Å². The second-order valence-corrected chi connectivity index (χ2v) is 11.1. The summed E-state index contributed by atoms with van der Waals surface area (Å²) in [5, 5.41) is 0.419. The highest BCUT2D eigenvalue weighted by atomic mass is 32.2. The number of piperidine rings is 1. The highest BCUT2D eigenvalue weighted by Crippen LogP contribution is 2.36. The van der Waals surface area contributed by atoms with Crippen LogP contribution in [0.5, 0.6) is 5.75 Å². The Bertz CT molecular complexity index is 1090. The van der Waals surface area contributed by atoms with Gasteiger partial charge in [0.25, 0.3) is 0 Å². The van der Waals surface area contributed by atoms with Crippen LogP contribution < -0.4 is 4.74 Å². The van der Waals surface area contributed by atoms with Gasteiger partial charge in [-0.1, -0.05) is 6.42 Å². The molecule has 0 aliphatic carbocycles. The van der Waals surface area contributed by atoms with Crippen LogP contribution in [0, 0.1) is 11.6 Å². The zero-order valence-electron chi connectivity index (χ0n) is 17.6. The second kappa shape index (κ2) is 9.08. The number of aromatic nitrogens is 1. The van der Waals surface area contributed by atoms with Crippen molar-refractivity contribution >= 4 is 21.4 Å².